The van der Waals surface area contributed by atoms with E-state index in [1.54, 1.807) is 12.1 Å². The van der Waals surface area contributed by atoms with Crippen LogP contribution in [0.4, 0.5) is 10.1 Å². The number of carbonyl (C=O) groups excluding carboxylic acids is 1. The molecule has 0 aromatic heterocycles. The number of benzene rings is 1. The zero-order chi connectivity index (χ0) is 18.2. The number of nitrogens with one attached hydrogen (secondary N) is 1. The van der Waals surface area contributed by atoms with Crippen LogP contribution in [0.15, 0.2) is 18.2 Å². The highest BCUT2D eigenvalue weighted by atomic mass is 19.1. The van der Waals surface area contributed by atoms with E-state index in [4.69, 9.17) is 14.0 Å². The molecular weight excluding hydrogens is 324 g/mol. The van der Waals surface area contributed by atoms with Gasteiger partial charge in [-0.3, -0.25) is 4.79 Å². The molecule has 0 spiro atoms. The van der Waals surface area contributed by atoms with E-state index in [-0.39, 0.29) is 17.5 Å². The number of anilines is 1. The maximum absolute atomic E-state index is 14.5. The van der Waals surface area contributed by atoms with Crippen molar-refractivity contribution in [3.63, 3.8) is 0 Å². The molecule has 1 amide bonds. The highest BCUT2D eigenvalue weighted by Gasteiger charge is 2.51. The zero-order valence-electron chi connectivity index (χ0n) is 15.2. The lowest BCUT2D eigenvalue weighted by atomic mass is 9.79. The standard InChI is InChI=1S/C18H25BFNO4/c1-17(2)18(3,4)25-19(24-17)13-5-6-15(14(20)11-13)21-16(22)12-7-9-23-10-8-12/h5-6,11-12H,7-10H2,1-4H3,(H,21,22). The van der Waals surface area contributed by atoms with E-state index in [9.17, 15) is 9.18 Å². The molecule has 3 rings (SSSR count). The monoisotopic (exact) mass is 349 g/mol. The highest BCUT2D eigenvalue weighted by molar-refractivity contribution is 6.62. The number of amides is 1. The Morgan fingerprint density at radius 2 is 1.76 bits per heavy atom. The van der Waals surface area contributed by atoms with Crippen LogP contribution in [0.1, 0.15) is 40.5 Å². The van der Waals surface area contributed by atoms with E-state index < -0.39 is 24.1 Å². The molecule has 0 saturated carbocycles. The van der Waals surface area contributed by atoms with E-state index in [1.807, 2.05) is 27.7 Å². The lowest BCUT2D eigenvalue weighted by Gasteiger charge is -2.32. The van der Waals surface area contributed by atoms with Gasteiger partial charge in [0.1, 0.15) is 5.82 Å². The summed E-state index contributed by atoms with van der Waals surface area (Å²) in [4.78, 5) is 12.2. The smallest absolute Gasteiger partial charge is 0.399 e. The molecule has 0 aliphatic carbocycles. The van der Waals surface area contributed by atoms with Crippen LogP contribution >= 0.6 is 0 Å². The lowest BCUT2D eigenvalue weighted by molar-refractivity contribution is -0.122. The third-order valence-corrected chi connectivity index (χ3v) is 5.37. The second-order valence-electron chi connectivity index (χ2n) is 7.70. The zero-order valence-corrected chi connectivity index (χ0v) is 15.2. The van der Waals surface area contributed by atoms with Gasteiger partial charge in [-0.1, -0.05) is 6.07 Å². The van der Waals surface area contributed by atoms with Gasteiger partial charge in [-0.15, -0.1) is 0 Å². The third-order valence-electron chi connectivity index (χ3n) is 5.37. The molecule has 0 radical (unpaired) electrons. The number of halogens is 1. The van der Waals surface area contributed by atoms with Gasteiger partial charge in [-0.05, 0) is 58.1 Å². The van der Waals surface area contributed by atoms with Crippen molar-refractivity contribution in [3.05, 3.63) is 24.0 Å². The van der Waals surface area contributed by atoms with E-state index in [0.717, 1.165) is 0 Å². The van der Waals surface area contributed by atoms with Crippen molar-refractivity contribution in [2.45, 2.75) is 51.7 Å². The number of rotatable bonds is 3. The molecular formula is C18H25BFNO4. The van der Waals surface area contributed by atoms with Gasteiger partial charge in [0.15, 0.2) is 0 Å². The molecule has 0 atom stereocenters. The Balaban J connectivity index is 1.70. The molecule has 2 fully saturated rings. The van der Waals surface area contributed by atoms with Crippen molar-refractivity contribution in [3.8, 4) is 0 Å². The van der Waals surface area contributed by atoms with Crippen molar-refractivity contribution >= 4 is 24.2 Å². The number of carbonyl (C=O) groups is 1. The fourth-order valence-electron chi connectivity index (χ4n) is 2.95. The highest BCUT2D eigenvalue weighted by Crippen LogP contribution is 2.36. The summed E-state index contributed by atoms with van der Waals surface area (Å²) in [7, 11) is -0.625. The second kappa shape index (κ2) is 6.70. The van der Waals surface area contributed by atoms with Gasteiger partial charge >= 0.3 is 7.12 Å². The second-order valence-corrected chi connectivity index (χ2v) is 7.70. The van der Waals surface area contributed by atoms with Crippen LogP contribution in [-0.4, -0.2) is 37.4 Å². The molecule has 136 valence electrons. The normalized spacial score (nSPS) is 22.8. The maximum atomic E-state index is 14.5. The summed E-state index contributed by atoms with van der Waals surface area (Å²) in [6, 6.07) is 4.65. The molecule has 2 heterocycles. The lowest BCUT2D eigenvalue weighted by Crippen LogP contribution is -2.41. The van der Waals surface area contributed by atoms with E-state index >= 15 is 0 Å². The molecule has 2 aliphatic heterocycles. The van der Waals surface area contributed by atoms with Gasteiger partial charge in [0, 0.05) is 19.1 Å². The van der Waals surface area contributed by atoms with Crippen molar-refractivity contribution < 1.29 is 23.2 Å². The molecule has 2 saturated heterocycles. The first-order valence-corrected chi connectivity index (χ1v) is 8.73. The molecule has 0 unspecified atom stereocenters. The van der Waals surface area contributed by atoms with Crippen LogP contribution < -0.4 is 10.8 Å². The van der Waals surface area contributed by atoms with Gasteiger partial charge in [0.25, 0.3) is 0 Å². The molecule has 5 nitrogen and oxygen atoms in total. The van der Waals surface area contributed by atoms with Crippen LogP contribution in [0.3, 0.4) is 0 Å². The van der Waals surface area contributed by atoms with Crippen LogP contribution in [0, 0.1) is 11.7 Å². The minimum atomic E-state index is -0.625. The average molecular weight is 349 g/mol. The van der Waals surface area contributed by atoms with Crippen molar-refractivity contribution in [1.29, 1.82) is 0 Å². The average Bonchev–Trinajstić information content (AvgIpc) is 2.78. The predicted molar refractivity (Wildman–Crippen MR) is 94.3 cm³/mol. The molecule has 2 aliphatic rings. The van der Waals surface area contributed by atoms with Gasteiger partial charge < -0.3 is 19.4 Å². The van der Waals surface area contributed by atoms with Gasteiger partial charge in [0.05, 0.1) is 16.9 Å². The molecule has 7 heteroatoms. The maximum Gasteiger partial charge on any atom is 0.494 e. The number of hydrogen-bond donors (Lipinski definition) is 1. The van der Waals surface area contributed by atoms with Crippen LogP contribution in [0.25, 0.3) is 0 Å². The first-order chi connectivity index (χ1) is 11.7. The summed E-state index contributed by atoms with van der Waals surface area (Å²) >= 11 is 0. The van der Waals surface area contributed by atoms with Crippen molar-refractivity contribution in [1.82, 2.24) is 0 Å². The quantitative estimate of drug-likeness (QED) is 0.852. The molecule has 1 aromatic rings. The topological polar surface area (TPSA) is 56.8 Å². The molecule has 25 heavy (non-hydrogen) atoms. The number of ether oxygens (including phenoxy) is 1. The molecule has 1 N–H and O–H groups in total. The van der Waals surface area contributed by atoms with Crippen LogP contribution in [0.2, 0.25) is 0 Å². The molecule has 1 aromatic carbocycles. The Bertz CT molecular complexity index is 642. The van der Waals surface area contributed by atoms with Gasteiger partial charge in [0.2, 0.25) is 5.91 Å². The first kappa shape index (κ1) is 18.4. The van der Waals surface area contributed by atoms with E-state index in [1.165, 1.54) is 6.07 Å². The summed E-state index contributed by atoms with van der Waals surface area (Å²) in [6.07, 6.45) is 1.33. The van der Waals surface area contributed by atoms with Gasteiger partial charge in [-0.2, -0.15) is 0 Å². The number of hydrogen-bond acceptors (Lipinski definition) is 4. The van der Waals surface area contributed by atoms with Gasteiger partial charge in [-0.25, -0.2) is 4.39 Å². The van der Waals surface area contributed by atoms with Crippen molar-refractivity contribution in [2.24, 2.45) is 5.92 Å². The predicted octanol–water partition coefficient (Wildman–Crippen LogP) is 2.49. The SMILES string of the molecule is CC1(C)OB(c2ccc(NC(=O)C3CCOCC3)c(F)c2)OC1(C)C. The first-order valence-electron chi connectivity index (χ1n) is 8.73. The summed E-state index contributed by atoms with van der Waals surface area (Å²) in [5.74, 6) is -0.783. The summed E-state index contributed by atoms with van der Waals surface area (Å²) in [6.45, 7) is 8.94. The summed E-state index contributed by atoms with van der Waals surface area (Å²) in [5.41, 5.74) is -0.189. The Labute approximate surface area is 148 Å². The van der Waals surface area contributed by atoms with Crippen molar-refractivity contribution in [2.75, 3.05) is 18.5 Å². The van der Waals surface area contributed by atoms with Crippen LogP contribution in [0.5, 0.6) is 0 Å². The Morgan fingerprint density at radius 1 is 1.16 bits per heavy atom. The third kappa shape index (κ3) is 3.73. The minimum Gasteiger partial charge on any atom is -0.399 e. The van der Waals surface area contributed by atoms with E-state index in [0.29, 0.717) is 31.5 Å². The molecule has 0 bridgehead atoms. The summed E-state index contributed by atoms with van der Waals surface area (Å²) in [5, 5.41) is 2.68. The Hall–Kier alpha value is -1.44. The largest absolute Gasteiger partial charge is 0.494 e. The minimum absolute atomic E-state index is 0.129. The van der Waals surface area contributed by atoms with E-state index in [2.05, 4.69) is 5.32 Å². The Kier molecular flexibility index (Phi) is 4.92. The fraction of sp³-hybridized carbons (Fsp3) is 0.611. The fourth-order valence-corrected chi connectivity index (χ4v) is 2.95. The Morgan fingerprint density at radius 3 is 2.32 bits per heavy atom. The summed E-state index contributed by atoms with van der Waals surface area (Å²) < 4.78 is 31.6. The van der Waals surface area contributed by atoms with Crippen LogP contribution in [-0.2, 0) is 18.8 Å².